The molecule has 4 nitrogen and oxygen atoms in total. The summed E-state index contributed by atoms with van der Waals surface area (Å²) in [7, 11) is 0. The van der Waals surface area contributed by atoms with Crippen molar-refractivity contribution in [1.29, 1.82) is 0 Å². The van der Waals surface area contributed by atoms with Crippen LogP contribution in [0.4, 0.5) is 5.69 Å². The van der Waals surface area contributed by atoms with Gasteiger partial charge in [0.05, 0.1) is 10.5 Å². The number of rotatable bonds is 4. The number of nitro benzene ring substituents is 1. The van der Waals surface area contributed by atoms with E-state index in [4.69, 9.17) is 0 Å². The van der Waals surface area contributed by atoms with Gasteiger partial charge in [-0.1, -0.05) is 13.8 Å². The number of nitro groups is 1. The lowest BCUT2D eigenvalue weighted by molar-refractivity contribution is -0.385. The van der Waals surface area contributed by atoms with Gasteiger partial charge in [0.25, 0.3) is 5.69 Å². The van der Waals surface area contributed by atoms with Crippen LogP contribution in [0.2, 0.25) is 0 Å². The number of carbonyl (C=O) groups excluding carboxylic acids is 1. The van der Waals surface area contributed by atoms with Gasteiger partial charge in [0, 0.05) is 6.07 Å². The monoisotopic (exact) mass is 221 g/mol. The summed E-state index contributed by atoms with van der Waals surface area (Å²) >= 11 is 0. The molecule has 0 heterocycles. The van der Waals surface area contributed by atoms with Crippen LogP contribution in [0.1, 0.15) is 42.3 Å². The van der Waals surface area contributed by atoms with Gasteiger partial charge in [-0.05, 0) is 37.0 Å². The first kappa shape index (κ1) is 12.4. The number of ketones is 1. The molecule has 0 aliphatic rings. The van der Waals surface area contributed by atoms with Gasteiger partial charge < -0.3 is 0 Å². The highest BCUT2D eigenvalue weighted by Gasteiger charge is 2.19. The Balaban J connectivity index is 3.47. The Morgan fingerprint density at radius 3 is 2.12 bits per heavy atom. The molecule has 0 saturated carbocycles. The van der Waals surface area contributed by atoms with Crippen LogP contribution in [0.3, 0.4) is 0 Å². The Kier molecular flexibility index (Phi) is 3.77. The zero-order valence-electron chi connectivity index (χ0n) is 9.74. The van der Waals surface area contributed by atoms with Gasteiger partial charge in [-0.25, -0.2) is 0 Å². The van der Waals surface area contributed by atoms with E-state index in [2.05, 4.69) is 0 Å². The average Bonchev–Trinajstić information content (AvgIpc) is 2.26. The summed E-state index contributed by atoms with van der Waals surface area (Å²) in [5.41, 5.74) is 2.08. The molecule has 1 aromatic rings. The molecule has 0 radical (unpaired) electrons. The van der Waals surface area contributed by atoms with Crippen LogP contribution in [0.5, 0.6) is 0 Å². The number of benzene rings is 1. The first-order chi connectivity index (χ1) is 7.51. The predicted octanol–water partition coefficient (Wildman–Crippen LogP) is 2.92. The summed E-state index contributed by atoms with van der Waals surface area (Å²) in [6, 6.07) is 3.18. The second-order valence-corrected chi connectivity index (χ2v) is 3.66. The van der Waals surface area contributed by atoms with Crippen molar-refractivity contribution in [2.45, 2.75) is 33.6 Å². The minimum Gasteiger partial charge on any atom is -0.294 e. The zero-order valence-corrected chi connectivity index (χ0v) is 9.74. The molecule has 0 aliphatic carbocycles. The molecule has 86 valence electrons. The van der Waals surface area contributed by atoms with Crippen LogP contribution < -0.4 is 0 Å². The van der Waals surface area contributed by atoms with Gasteiger partial charge in [-0.15, -0.1) is 0 Å². The fourth-order valence-corrected chi connectivity index (χ4v) is 1.77. The van der Waals surface area contributed by atoms with Crippen LogP contribution in [0.15, 0.2) is 12.1 Å². The minimum atomic E-state index is -0.491. The van der Waals surface area contributed by atoms with Crippen molar-refractivity contribution in [2.24, 2.45) is 0 Å². The summed E-state index contributed by atoms with van der Waals surface area (Å²) in [4.78, 5) is 21.7. The average molecular weight is 221 g/mol. The van der Waals surface area contributed by atoms with Crippen molar-refractivity contribution < 1.29 is 9.72 Å². The normalized spacial score (nSPS) is 10.2. The molecule has 0 fully saturated rings. The van der Waals surface area contributed by atoms with Crippen molar-refractivity contribution >= 4 is 11.5 Å². The topological polar surface area (TPSA) is 60.2 Å². The lowest BCUT2D eigenvalue weighted by Gasteiger charge is -2.08. The Hall–Kier alpha value is -1.71. The van der Waals surface area contributed by atoms with Gasteiger partial charge in [-0.2, -0.15) is 0 Å². The number of hydrogen-bond acceptors (Lipinski definition) is 3. The van der Waals surface area contributed by atoms with Gasteiger partial charge in [0.1, 0.15) is 0 Å². The lowest BCUT2D eigenvalue weighted by atomic mass is 9.97. The first-order valence-corrected chi connectivity index (χ1v) is 5.32. The summed E-state index contributed by atoms with van der Waals surface area (Å²) < 4.78 is 0. The predicted molar refractivity (Wildman–Crippen MR) is 61.9 cm³/mol. The van der Waals surface area contributed by atoms with Crippen molar-refractivity contribution in [1.82, 2.24) is 0 Å². The molecule has 0 atom stereocenters. The lowest BCUT2D eigenvalue weighted by Crippen LogP contribution is -2.04. The van der Waals surface area contributed by atoms with Crippen LogP contribution in [0.25, 0.3) is 0 Å². The van der Waals surface area contributed by atoms with E-state index in [9.17, 15) is 14.9 Å². The maximum atomic E-state index is 11.3. The standard InChI is InChI=1S/C12H15NO3/c1-4-9-6-11(8(3)14)12(13(15)16)7-10(9)5-2/h6-7H,4-5H2,1-3H3. The summed E-state index contributed by atoms with van der Waals surface area (Å²) in [5.74, 6) is -0.260. The molecule has 1 aromatic carbocycles. The van der Waals surface area contributed by atoms with Gasteiger partial charge in [-0.3, -0.25) is 14.9 Å². The molecule has 0 aromatic heterocycles. The van der Waals surface area contributed by atoms with Crippen LogP contribution in [-0.2, 0) is 12.8 Å². The fraction of sp³-hybridized carbons (Fsp3) is 0.417. The van der Waals surface area contributed by atoms with E-state index >= 15 is 0 Å². The molecular weight excluding hydrogens is 206 g/mol. The molecule has 0 N–H and O–H groups in total. The van der Waals surface area contributed by atoms with Crippen LogP contribution in [-0.4, -0.2) is 10.7 Å². The summed E-state index contributed by atoms with van der Waals surface area (Å²) in [6.45, 7) is 5.28. The highest BCUT2D eigenvalue weighted by molar-refractivity contribution is 5.98. The second-order valence-electron chi connectivity index (χ2n) is 3.66. The van der Waals surface area contributed by atoms with E-state index in [0.29, 0.717) is 0 Å². The summed E-state index contributed by atoms with van der Waals surface area (Å²) in [6.07, 6.45) is 1.52. The van der Waals surface area contributed by atoms with E-state index in [1.54, 1.807) is 6.07 Å². The van der Waals surface area contributed by atoms with Crippen LogP contribution in [0, 0.1) is 10.1 Å². The zero-order chi connectivity index (χ0) is 12.3. The molecule has 1 rings (SSSR count). The fourth-order valence-electron chi connectivity index (χ4n) is 1.77. The quantitative estimate of drug-likeness (QED) is 0.446. The van der Waals surface area contributed by atoms with Crippen molar-refractivity contribution in [2.75, 3.05) is 0 Å². The Bertz CT molecular complexity index is 397. The highest BCUT2D eigenvalue weighted by atomic mass is 16.6. The molecule has 4 heteroatoms. The van der Waals surface area contributed by atoms with E-state index in [-0.39, 0.29) is 17.0 Å². The third-order valence-electron chi connectivity index (χ3n) is 2.66. The maximum absolute atomic E-state index is 11.3. The van der Waals surface area contributed by atoms with Gasteiger partial charge in [0.2, 0.25) is 0 Å². The maximum Gasteiger partial charge on any atom is 0.280 e. The number of nitrogens with zero attached hydrogens (tertiary/aromatic N) is 1. The van der Waals surface area contributed by atoms with Gasteiger partial charge >= 0.3 is 0 Å². The molecule has 16 heavy (non-hydrogen) atoms. The molecule has 0 unspecified atom stereocenters. The Labute approximate surface area is 94.4 Å². The SMILES string of the molecule is CCc1cc(C(C)=O)c([N+](=O)[O-])cc1CC. The Morgan fingerprint density at radius 2 is 1.75 bits per heavy atom. The molecule has 0 spiro atoms. The molecular formula is C12H15NO3. The molecule has 0 aliphatic heterocycles. The third-order valence-corrected chi connectivity index (χ3v) is 2.66. The number of hydrogen-bond donors (Lipinski definition) is 0. The molecule has 0 bridgehead atoms. The minimum absolute atomic E-state index is 0.0819. The third kappa shape index (κ3) is 2.27. The second kappa shape index (κ2) is 4.88. The molecule has 0 amide bonds. The van der Waals surface area contributed by atoms with Gasteiger partial charge in [0.15, 0.2) is 5.78 Å². The highest BCUT2D eigenvalue weighted by Crippen LogP contribution is 2.25. The first-order valence-electron chi connectivity index (χ1n) is 5.32. The largest absolute Gasteiger partial charge is 0.294 e. The van der Waals surface area contributed by atoms with Crippen molar-refractivity contribution in [3.63, 3.8) is 0 Å². The van der Waals surface area contributed by atoms with E-state index in [0.717, 1.165) is 24.0 Å². The number of aryl methyl sites for hydroxylation is 2. The number of carbonyl (C=O) groups is 1. The smallest absolute Gasteiger partial charge is 0.280 e. The van der Waals surface area contributed by atoms with Crippen molar-refractivity contribution in [3.8, 4) is 0 Å². The van der Waals surface area contributed by atoms with Crippen molar-refractivity contribution in [3.05, 3.63) is 38.9 Å². The summed E-state index contributed by atoms with van der Waals surface area (Å²) in [5, 5.41) is 10.8. The van der Waals surface area contributed by atoms with E-state index < -0.39 is 4.92 Å². The Morgan fingerprint density at radius 1 is 1.25 bits per heavy atom. The van der Waals surface area contributed by atoms with E-state index in [1.807, 2.05) is 13.8 Å². The van der Waals surface area contributed by atoms with E-state index in [1.165, 1.54) is 13.0 Å². The molecule has 0 saturated heterocycles. The van der Waals surface area contributed by atoms with Crippen LogP contribution >= 0.6 is 0 Å². The number of Topliss-reactive ketones (excluding diaryl/α,β-unsaturated/α-hetero) is 1.